The number of furan rings is 1. The van der Waals surface area contributed by atoms with E-state index in [9.17, 15) is 9.90 Å². The summed E-state index contributed by atoms with van der Waals surface area (Å²) in [5.74, 6) is 0.376. The van der Waals surface area contributed by atoms with Gasteiger partial charge in [-0.1, -0.05) is 12.1 Å². The highest BCUT2D eigenvalue weighted by Crippen LogP contribution is 2.22. The molecule has 19 heavy (non-hydrogen) atoms. The lowest BCUT2D eigenvalue weighted by atomic mass is 10.2. The fourth-order valence-corrected chi connectivity index (χ4v) is 1.71. The van der Waals surface area contributed by atoms with E-state index >= 15 is 0 Å². The van der Waals surface area contributed by atoms with Crippen LogP contribution in [0.2, 0.25) is 0 Å². The van der Waals surface area contributed by atoms with Gasteiger partial charge in [0.25, 0.3) is 0 Å². The van der Waals surface area contributed by atoms with Crippen molar-refractivity contribution in [3.05, 3.63) is 24.1 Å². The maximum absolute atomic E-state index is 11.7. The second kappa shape index (κ2) is 6.14. The number of nitrogens with one attached hydrogen (secondary N) is 1. The van der Waals surface area contributed by atoms with E-state index in [0.29, 0.717) is 23.7 Å². The van der Waals surface area contributed by atoms with Crippen LogP contribution < -0.4 is 5.32 Å². The molecule has 7 nitrogen and oxygen atoms in total. The van der Waals surface area contributed by atoms with Gasteiger partial charge >= 0.3 is 0 Å². The Hall–Kier alpha value is -2.15. The summed E-state index contributed by atoms with van der Waals surface area (Å²) < 4.78 is 6.71. The molecular formula is C12H16N4O3. The lowest BCUT2D eigenvalue weighted by Gasteiger charge is -2.06. The van der Waals surface area contributed by atoms with Crippen LogP contribution in [0.4, 0.5) is 0 Å². The molecule has 0 atom stereocenters. The van der Waals surface area contributed by atoms with Gasteiger partial charge in [-0.2, -0.15) is 0 Å². The molecule has 2 rings (SSSR count). The average Bonchev–Trinajstić information content (AvgIpc) is 3.04. The molecule has 0 spiro atoms. The monoisotopic (exact) mass is 264 g/mol. The second-order valence-corrected chi connectivity index (χ2v) is 4.03. The minimum absolute atomic E-state index is 0.0447. The molecule has 1 amide bonds. The number of amides is 1. The van der Waals surface area contributed by atoms with Gasteiger partial charge in [0.2, 0.25) is 5.91 Å². The van der Waals surface area contributed by atoms with E-state index in [1.807, 2.05) is 6.92 Å². The van der Waals surface area contributed by atoms with Crippen LogP contribution in [0.5, 0.6) is 0 Å². The standard InChI is InChI=1S/C12H16N4O3/c1-2-5-13-11(18)7-16-12(9(8-17)14-15-16)10-4-3-6-19-10/h3-4,6,17H,2,5,7-8H2,1H3,(H,13,18). The molecule has 0 saturated heterocycles. The average molecular weight is 264 g/mol. The molecule has 102 valence electrons. The molecular weight excluding hydrogens is 248 g/mol. The zero-order chi connectivity index (χ0) is 13.7. The normalized spacial score (nSPS) is 10.6. The number of aliphatic hydroxyl groups is 1. The largest absolute Gasteiger partial charge is 0.463 e. The maximum Gasteiger partial charge on any atom is 0.241 e. The maximum atomic E-state index is 11.7. The molecule has 2 aromatic rings. The van der Waals surface area contributed by atoms with E-state index in [0.717, 1.165) is 6.42 Å². The molecule has 0 bridgehead atoms. The van der Waals surface area contributed by atoms with Gasteiger partial charge in [-0.3, -0.25) is 4.79 Å². The van der Waals surface area contributed by atoms with Crippen LogP contribution in [0.25, 0.3) is 11.5 Å². The third kappa shape index (κ3) is 3.00. The topological polar surface area (TPSA) is 93.2 Å². The Morgan fingerprint density at radius 1 is 1.58 bits per heavy atom. The molecule has 0 saturated carbocycles. The van der Waals surface area contributed by atoms with Gasteiger partial charge in [-0.25, -0.2) is 4.68 Å². The first kappa shape index (κ1) is 13.3. The highest BCUT2D eigenvalue weighted by molar-refractivity contribution is 5.76. The molecule has 2 aromatic heterocycles. The lowest BCUT2D eigenvalue weighted by molar-refractivity contribution is -0.121. The molecule has 0 aromatic carbocycles. The molecule has 0 radical (unpaired) electrons. The van der Waals surface area contributed by atoms with E-state index in [1.165, 1.54) is 10.9 Å². The predicted octanol–water partition coefficient (Wildman–Crippen LogP) is 0.557. The van der Waals surface area contributed by atoms with Gasteiger partial charge in [0.15, 0.2) is 5.76 Å². The molecule has 2 heterocycles. The van der Waals surface area contributed by atoms with Crippen LogP contribution in [0, 0.1) is 0 Å². The van der Waals surface area contributed by atoms with Crippen LogP contribution >= 0.6 is 0 Å². The fourth-order valence-electron chi connectivity index (χ4n) is 1.71. The second-order valence-electron chi connectivity index (χ2n) is 4.03. The summed E-state index contributed by atoms with van der Waals surface area (Å²) in [4.78, 5) is 11.7. The first-order valence-corrected chi connectivity index (χ1v) is 6.10. The molecule has 2 N–H and O–H groups in total. The fraction of sp³-hybridized carbons (Fsp3) is 0.417. The molecule has 0 aliphatic carbocycles. The Morgan fingerprint density at radius 2 is 2.42 bits per heavy atom. The number of rotatable bonds is 6. The van der Waals surface area contributed by atoms with E-state index in [-0.39, 0.29) is 19.1 Å². The summed E-state index contributed by atoms with van der Waals surface area (Å²) in [6.07, 6.45) is 2.39. The van der Waals surface area contributed by atoms with Crippen LogP contribution in [0.3, 0.4) is 0 Å². The molecule has 0 aliphatic heterocycles. The van der Waals surface area contributed by atoms with Crippen LogP contribution in [0.1, 0.15) is 19.0 Å². The van der Waals surface area contributed by atoms with Gasteiger partial charge in [-0.15, -0.1) is 5.10 Å². The number of aliphatic hydroxyl groups excluding tert-OH is 1. The van der Waals surface area contributed by atoms with Crippen molar-refractivity contribution in [2.24, 2.45) is 0 Å². The SMILES string of the molecule is CCCNC(=O)Cn1nnc(CO)c1-c1ccco1. The predicted molar refractivity (Wildman–Crippen MR) is 66.9 cm³/mol. The Kier molecular flexibility index (Phi) is 4.30. The Balaban J connectivity index is 2.21. The van der Waals surface area contributed by atoms with Gasteiger partial charge in [-0.05, 0) is 18.6 Å². The van der Waals surface area contributed by atoms with E-state index < -0.39 is 0 Å². The third-order valence-corrected chi connectivity index (χ3v) is 2.57. The molecule has 0 unspecified atom stereocenters. The number of carbonyl (C=O) groups is 1. The first-order valence-electron chi connectivity index (χ1n) is 6.10. The van der Waals surface area contributed by atoms with E-state index in [2.05, 4.69) is 15.6 Å². The third-order valence-electron chi connectivity index (χ3n) is 2.57. The number of aromatic nitrogens is 3. The van der Waals surface area contributed by atoms with Crippen molar-refractivity contribution >= 4 is 5.91 Å². The quantitative estimate of drug-likeness (QED) is 0.795. The summed E-state index contributed by atoms with van der Waals surface area (Å²) in [6, 6.07) is 3.46. The van der Waals surface area contributed by atoms with E-state index in [4.69, 9.17) is 4.42 Å². The highest BCUT2D eigenvalue weighted by Gasteiger charge is 2.18. The van der Waals surface area contributed by atoms with E-state index in [1.54, 1.807) is 12.1 Å². The van der Waals surface area contributed by atoms with Gasteiger partial charge in [0.1, 0.15) is 17.9 Å². The van der Waals surface area contributed by atoms with Crippen molar-refractivity contribution in [2.45, 2.75) is 26.5 Å². The van der Waals surface area contributed by atoms with Gasteiger partial charge in [0, 0.05) is 6.54 Å². The van der Waals surface area contributed by atoms with Crippen molar-refractivity contribution in [1.82, 2.24) is 20.3 Å². The Labute approximate surface area is 110 Å². The van der Waals surface area contributed by atoms with Crippen molar-refractivity contribution in [3.8, 4) is 11.5 Å². The van der Waals surface area contributed by atoms with Crippen molar-refractivity contribution < 1.29 is 14.3 Å². The van der Waals surface area contributed by atoms with Crippen LogP contribution in [-0.2, 0) is 17.9 Å². The molecule has 0 fully saturated rings. The van der Waals surface area contributed by atoms with Gasteiger partial charge < -0.3 is 14.8 Å². The summed E-state index contributed by atoms with van der Waals surface area (Å²) in [5.41, 5.74) is 0.914. The number of nitrogens with zero attached hydrogens (tertiary/aromatic N) is 3. The summed E-state index contributed by atoms with van der Waals surface area (Å²) in [7, 11) is 0. The Morgan fingerprint density at radius 3 is 3.05 bits per heavy atom. The Bertz CT molecular complexity index is 533. The minimum atomic E-state index is -0.257. The number of hydrogen-bond acceptors (Lipinski definition) is 5. The zero-order valence-electron chi connectivity index (χ0n) is 10.7. The lowest BCUT2D eigenvalue weighted by Crippen LogP contribution is -2.28. The van der Waals surface area contributed by atoms with Gasteiger partial charge in [0.05, 0.1) is 12.9 Å². The van der Waals surface area contributed by atoms with Crippen molar-refractivity contribution in [3.63, 3.8) is 0 Å². The van der Waals surface area contributed by atoms with Crippen LogP contribution in [0.15, 0.2) is 22.8 Å². The molecule has 0 aliphatic rings. The first-order chi connectivity index (χ1) is 9.26. The number of hydrogen-bond donors (Lipinski definition) is 2. The summed E-state index contributed by atoms with van der Waals surface area (Å²) in [6.45, 7) is 2.39. The smallest absolute Gasteiger partial charge is 0.241 e. The van der Waals surface area contributed by atoms with Crippen LogP contribution in [-0.4, -0.2) is 32.6 Å². The minimum Gasteiger partial charge on any atom is -0.463 e. The molecule has 7 heteroatoms. The van der Waals surface area contributed by atoms with Crippen molar-refractivity contribution in [1.29, 1.82) is 0 Å². The zero-order valence-corrected chi connectivity index (χ0v) is 10.7. The van der Waals surface area contributed by atoms with Crippen molar-refractivity contribution in [2.75, 3.05) is 6.54 Å². The highest BCUT2D eigenvalue weighted by atomic mass is 16.3. The summed E-state index contributed by atoms with van der Waals surface area (Å²) in [5, 5.41) is 19.7. The number of carbonyl (C=O) groups excluding carboxylic acids is 1. The summed E-state index contributed by atoms with van der Waals surface area (Å²) >= 11 is 0.